The summed E-state index contributed by atoms with van der Waals surface area (Å²) in [6, 6.07) is 14.6. The molecule has 0 saturated carbocycles. The molecule has 7 heteroatoms. The van der Waals surface area contributed by atoms with E-state index in [1.54, 1.807) is 49.4 Å². The fraction of sp³-hybridized carbons (Fsp3) is 0.111. The Morgan fingerprint density at radius 3 is 2.76 bits per heavy atom. The molecule has 1 heterocycles. The summed E-state index contributed by atoms with van der Waals surface area (Å²) in [5, 5.41) is 4.88. The monoisotopic (exact) mass is 359 g/mol. The van der Waals surface area contributed by atoms with E-state index in [1.165, 1.54) is 16.8 Å². The number of benzene rings is 2. The van der Waals surface area contributed by atoms with Crippen molar-refractivity contribution in [3.05, 3.63) is 71.1 Å². The molecule has 0 radical (unpaired) electrons. The van der Waals surface area contributed by atoms with Gasteiger partial charge < -0.3 is 0 Å². The first kappa shape index (κ1) is 17.1. The number of rotatable bonds is 5. The number of aromatic nitrogens is 2. The number of hydrogen-bond donors (Lipinski definition) is 1. The minimum atomic E-state index is -0.489. The van der Waals surface area contributed by atoms with Crippen molar-refractivity contribution in [3.63, 3.8) is 0 Å². The number of nitrogens with zero attached hydrogens (tertiary/aromatic N) is 2. The minimum absolute atomic E-state index is 0.203. The van der Waals surface area contributed by atoms with E-state index in [0.717, 1.165) is 0 Å². The third-order valence-corrected chi connectivity index (χ3v) is 3.69. The maximum Gasteiger partial charge on any atom is 0.293 e. The number of carbonyl (C=O) groups excluding carboxylic acids is 1. The predicted octanol–water partition coefficient (Wildman–Crippen LogP) is 4.01. The van der Waals surface area contributed by atoms with Gasteiger partial charge in [-0.2, -0.15) is 5.10 Å². The summed E-state index contributed by atoms with van der Waals surface area (Å²) in [5.41, 5.74) is 3.74. The highest BCUT2D eigenvalue weighted by molar-refractivity contribution is 6.30. The number of carbonyl (C=O) groups is 1. The van der Waals surface area contributed by atoms with Gasteiger partial charge in [0.1, 0.15) is 11.5 Å². The second-order valence-electron chi connectivity index (χ2n) is 5.15. The maximum absolute atomic E-state index is 14.1. The Hall–Kier alpha value is -2.70. The van der Waals surface area contributed by atoms with E-state index in [1.807, 2.05) is 0 Å². The van der Waals surface area contributed by atoms with E-state index < -0.39 is 11.7 Å². The minimum Gasteiger partial charge on any atom is -0.274 e. The standard InChI is InChI=1S/C18H15ClFN3O2/c1-2-25-22-18(24)17-11-16(14-8-3-4-9-15(14)20)21-23(17)13-7-5-6-12(19)10-13/h3-11H,2H2,1H3,(H,22,24). The second kappa shape index (κ2) is 7.46. The molecule has 5 nitrogen and oxygen atoms in total. The molecule has 0 aliphatic carbocycles. The molecule has 128 valence electrons. The SMILES string of the molecule is CCONC(=O)c1cc(-c2ccccc2F)nn1-c1cccc(Cl)c1. The number of hydrogen-bond acceptors (Lipinski definition) is 3. The lowest BCUT2D eigenvalue weighted by atomic mass is 10.1. The van der Waals surface area contributed by atoms with Gasteiger partial charge in [-0.05, 0) is 43.3 Å². The van der Waals surface area contributed by atoms with Crippen LogP contribution in [0.2, 0.25) is 5.02 Å². The van der Waals surface area contributed by atoms with Crippen molar-refractivity contribution < 1.29 is 14.0 Å². The van der Waals surface area contributed by atoms with Crippen molar-refractivity contribution >= 4 is 17.5 Å². The molecular formula is C18H15ClFN3O2. The molecule has 0 fully saturated rings. The van der Waals surface area contributed by atoms with Crippen LogP contribution in [-0.2, 0) is 4.84 Å². The smallest absolute Gasteiger partial charge is 0.274 e. The topological polar surface area (TPSA) is 56.1 Å². The average Bonchev–Trinajstić information content (AvgIpc) is 3.05. The summed E-state index contributed by atoms with van der Waals surface area (Å²) in [7, 11) is 0. The van der Waals surface area contributed by atoms with Crippen molar-refractivity contribution in [2.24, 2.45) is 0 Å². The van der Waals surface area contributed by atoms with Crippen LogP contribution in [0.1, 0.15) is 17.4 Å². The first-order valence-corrected chi connectivity index (χ1v) is 8.01. The van der Waals surface area contributed by atoms with Crippen LogP contribution in [0.4, 0.5) is 4.39 Å². The first-order chi connectivity index (χ1) is 12.1. The van der Waals surface area contributed by atoms with E-state index in [4.69, 9.17) is 16.4 Å². The van der Waals surface area contributed by atoms with Gasteiger partial charge in [0.25, 0.3) is 5.91 Å². The van der Waals surface area contributed by atoms with Crippen LogP contribution < -0.4 is 5.48 Å². The van der Waals surface area contributed by atoms with Crippen LogP contribution in [0.3, 0.4) is 0 Å². The van der Waals surface area contributed by atoms with Gasteiger partial charge in [-0.3, -0.25) is 9.63 Å². The molecule has 0 atom stereocenters. The van der Waals surface area contributed by atoms with Gasteiger partial charge in [-0.25, -0.2) is 14.6 Å². The van der Waals surface area contributed by atoms with Crippen LogP contribution in [0.25, 0.3) is 16.9 Å². The summed E-state index contributed by atoms with van der Waals surface area (Å²) in [4.78, 5) is 17.4. The van der Waals surface area contributed by atoms with E-state index in [2.05, 4.69) is 10.6 Å². The van der Waals surface area contributed by atoms with Gasteiger partial charge in [-0.1, -0.05) is 29.8 Å². The summed E-state index contributed by atoms with van der Waals surface area (Å²) in [5.74, 6) is -0.910. The van der Waals surface area contributed by atoms with Gasteiger partial charge in [0, 0.05) is 10.6 Å². The number of amides is 1. The van der Waals surface area contributed by atoms with E-state index in [0.29, 0.717) is 28.6 Å². The Balaban J connectivity index is 2.11. The van der Waals surface area contributed by atoms with Crippen molar-refractivity contribution in [2.75, 3.05) is 6.61 Å². The molecule has 2 aromatic carbocycles. The lowest BCUT2D eigenvalue weighted by Gasteiger charge is -2.08. The maximum atomic E-state index is 14.1. The van der Waals surface area contributed by atoms with Gasteiger partial charge >= 0.3 is 0 Å². The van der Waals surface area contributed by atoms with Crippen molar-refractivity contribution in [1.82, 2.24) is 15.3 Å². The molecule has 0 aliphatic heterocycles. The third kappa shape index (κ3) is 3.70. The van der Waals surface area contributed by atoms with Crippen LogP contribution in [0.15, 0.2) is 54.6 Å². The predicted molar refractivity (Wildman–Crippen MR) is 93.1 cm³/mol. The molecule has 3 aromatic rings. The van der Waals surface area contributed by atoms with Gasteiger partial charge in [0.05, 0.1) is 18.0 Å². The molecule has 0 spiro atoms. The Morgan fingerprint density at radius 2 is 2.04 bits per heavy atom. The van der Waals surface area contributed by atoms with Crippen molar-refractivity contribution in [2.45, 2.75) is 6.92 Å². The van der Waals surface area contributed by atoms with Crippen LogP contribution in [-0.4, -0.2) is 22.3 Å². The van der Waals surface area contributed by atoms with Crippen LogP contribution in [0.5, 0.6) is 0 Å². The van der Waals surface area contributed by atoms with Crippen molar-refractivity contribution in [1.29, 1.82) is 0 Å². The quantitative estimate of drug-likeness (QED) is 0.700. The highest BCUT2D eigenvalue weighted by Crippen LogP contribution is 2.25. The lowest BCUT2D eigenvalue weighted by molar-refractivity contribution is 0.0357. The number of halogens is 2. The normalized spacial score (nSPS) is 10.7. The van der Waals surface area contributed by atoms with Gasteiger partial charge in [0.15, 0.2) is 0 Å². The molecular weight excluding hydrogens is 345 g/mol. The molecule has 0 unspecified atom stereocenters. The Labute approximate surface area is 148 Å². The molecule has 3 rings (SSSR count). The highest BCUT2D eigenvalue weighted by atomic mass is 35.5. The molecule has 25 heavy (non-hydrogen) atoms. The summed E-state index contributed by atoms with van der Waals surface area (Å²) in [6.07, 6.45) is 0. The van der Waals surface area contributed by atoms with Gasteiger partial charge in [-0.15, -0.1) is 0 Å². The summed E-state index contributed by atoms with van der Waals surface area (Å²) >= 11 is 6.03. The fourth-order valence-corrected chi connectivity index (χ4v) is 2.52. The molecule has 1 aromatic heterocycles. The number of hydroxylamine groups is 1. The number of nitrogens with one attached hydrogen (secondary N) is 1. The van der Waals surface area contributed by atoms with Gasteiger partial charge in [0.2, 0.25) is 0 Å². The fourth-order valence-electron chi connectivity index (χ4n) is 2.34. The Morgan fingerprint density at radius 1 is 1.24 bits per heavy atom. The molecule has 1 amide bonds. The lowest BCUT2D eigenvalue weighted by Crippen LogP contribution is -2.26. The highest BCUT2D eigenvalue weighted by Gasteiger charge is 2.19. The summed E-state index contributed by atoms with van der Waals surface area (Å²) < 4.78 is 15.5. The van der Waals surface area contributed by atoms with E-state index in [9.17, 15) is 9.18 Å². The zero-order valence-electron chi connectivity index (χ0n) is 13.4. The second-order valence-corrected chi connectivity index (χ2v) is 5.59. The molecule has 0 aliphatic rings. The van der Waals surface area contributed by atoms with E-state index in [-0.39, 0.29) is 5.69 Å². The molecule has 0 bridgehead atoms. The Kier molecular flexibility index (Phi) is 5.11. The zero-order valence-corrected chi connectivity index (χ0v) is 14.1. The largest absolute Gasteiger partial charge is 0.293 e. The van der Waals surface area contributed by atoms with Crippen molar-refractivity contribution in [3.8, 4) is 16.9 Å². The van der Waals surface area contributed by atoms with Crippen LogP contribution in [0, 0.1) is 5.82 Å². The third-order valence-electron chi connectivity index (χ3n) is 3.45. The molecule has 0 saturated heterocycles. The zero-order chi connectivity index (χ0) is 17.8. The molecule has 1 N–H and O–H groups in total. The first-order valence-electron chi connectivity index (χ1n) is 7.63. The summed E-state index contributed by atoms with van der Waals surface area (Å²) in [6.45, 7) is 2.07. The van der Waals surface area contributed by atoms with E-state index >= 15 is 0 Å². The Bertz CT molecular complexity index is 911. The average molecular weight is 360 g/mol. The van der Waals surface area contributed by atoms with Crippen LogP contribution >= 0.6 is 11.6 Å².